The van der Waals surface area contributed by atoms with Gasteiger partial charge in [-0.15, -0.1) is 0 Å². The van der Waals surface area contributed by atoms with Crippen LogP contribution in [0.4, 0.5) is 0 Å². The Bertz CT molecular complexity index is 913. The Morgan fingerprint density at radius 3 is 2.32 bits per heavy atom. The number of carbonyl (C=O) groups excluding carboxylic acids is 1. The molecule has 1 N–H and O–H groups in total. The lowest BCUT2D eigenvalue weighted by molar-refractivity contribution is 0.0957. The van der Waals surface area contributed by atoms with Crippen molar-refractivity contribution in [3.63, 3.8) is 0 Å². The molecular formula is C22H22N2O. The minimum atomic E-state index is -0.209. The summed E-state index contributed by atoms with van der Waals surface area (Å²) in [6, 6.07) is 21.7. The second-order valence-electron chi connectivity index (χ2n) is 7.10. The van der Waals surface area contributed by atoms with Gasteiger partial charge in [0, 0.05) is 5.56 Å². The van der Waals surface area contributed by atoms with Crippen LogP contribution in [-0.4, -0.2) is 12.1 Å². The predicted molar refractivity (Wildman–Crippen MR) is 104 cm³/mol. The topological polar surface area (TPSA) is 41.5 Å². The molecule has 3 nitrogen and oxygen atoms in total. The molecule has 0 unspecified atom stereocenters. The standard InChI is InChI=1S/C22H22N2O/c1-22(2,3)18-13-11-16(12-14-18)15-23-24-21(25)20-10-6-8-17-7-4-5-9-19(17)20/h4-15H,1-3H3,(H,24,25). The summed E-state index contributed by atoms with van der Waals surface area (Å²) in [5.74, 6) is -0.209. The first-order valence-electron chi connectivity index (χ1n) is 8.37. The van der Waals surface area contributed by atoms with Crippen molar-refractivity contribution in [2.24, 2.45) is 5.10 Å². The maximum absolute atomic E-state index is 12.4. The number of amides is 1. The van der Waals surface area contributed by atoms with Crippen molar-refractivity contribution in [3.8, 4) is 0 Å². The molecule has 3 aromatic carbocycles. The molecule has 0 aliphatic carbocycles. The van der Waals surface area contributed by atoms with E-state index in [0.717, 1.165) is 16.3 Å². The highest BCUT2D eigenvalue weighted by molar-refractivity contribution is 6.07. The number of carbonyl (C=O) groups is 1. The molecule has 0 radical (unpaired) electrons. The molecule has 0 atom stereocenters. The van der Waals surface area contributed by atoms with Crippen LogP contribution in [0.5, 0.6) is 0 Å². The number of rotatable bonds is 3. The van der Waals surface area contributed by atoms with Crippen LogP contribution in [0.15, 0.2) is 71.8 Å². The number of hydrazone groups is 1. The van der Waals surface area contributed by atoms with Crippen molar-refractivity contribution in [3.05, 3.63) is 83.4 Å². The molecule has 3 rings (SSSR count). The van der Waals surface area contributed by atoms with Crippen molar-refractivity contribution in [2.45, 2.75) is 26.2 Å². The van der Waals surface area contributed by atoms with Crippen molar-refractivity contribution < 1.29 is 4.79 Å². The molecule has 0 saturated carbocycles. The van der Waals surface area contributed by atoms with Crippen LogP contribution in [0.25, 0.3) is 10.8 Å². The van der Waals surface area contributed by atoms with E-state index >= 15 is 0 Å². The van der Waals surface area contributed by atoms with Gasteiger partial charge >= 0.3 is 0 Å². The summed E-state index contributed by atoms with van der Waals surface area (Å²) >= 11 is 0. The van der Waals surface area contributed by atoms with Gasteiger partial charge in [-0.1, -0.05) is 81.4 Å². The van der Waals surface area contributed by atoms with E-state index < -0.39 is 0 Å². The Morgan fingerprint density at radius 1 is 0.920 bits per heavy atom. The highest BCUT2D eigenvalue weighted by atomic mass is 16.2. The van der Waals surface area contributed by atoms with Gasteiger partial charge in [0.2, 0.25) is 0 Å². The van der Waals surface area contributed by atoms with Crippen LogP contribution in [0.2, 0.25) is 0 Å². The molecule has 0 spiro atoms. The first-order chi connectivity index (χ1) is 11.9. The minimum Gasteiger partial charge on any atom is -0.267 e. The van der Waals surface area contributed by atoms with Crippen LogP contribution >= 0.6 is 0 Å². The first-order valence-corrected chi connectivity index (χ1v) is 8.37. The van der Waals surface area contributed by atoms with Crippen LogP contribution in [-0.2, 0) is 5.41 Å². The summed E-state index contributed by atoms with van der Waals surface area (Å²) in [6.45, 7) is 6.54. The smallest absolute Gasteiger partial charge is 0.267 e. The van der Waals surface area contributed by atoms with E-state index in [1.165, 1.54) is 5.56 Å². The summed E-state index contributed by atoms with van der Waals surface area (Å²) < 4.78 is 0. The fraction of sp³-hybridized carbons (Fsp3) is 0.182. The molecule has 126 valence electrons. The largest absolute Gasteiger partial charge is 0.271 e. The Hall–Kier alpha value is -2.94. The van der Waals surface area contributed by atoms with Crippen molar-refractivity contribution >= 4 is 22.9 Å². The van der Waals surface area contributed by atoms with Gasteiger partial charge in [0.05, 0.1) is 6.21 Å². The number of hydrogen-bond donors (Lipinski definition) is 1. The molecule has 0 aliphatic rings. The van der Waals surface area contributed by atoms with Gasteiger partial charge in [-0.25, -0.2) is 5.43 Å². The molecule has 0 aliphatic heterocycles. The molecule has 3 heteroatoms. The quantitative estimate of drug-likeness (QED) is 0.538. The normalized spacial score (nSPS) is 11.8. The summed E-state index contributed by atoms with van der Waals surface area (Å²) in [7, 11) is 0. The molecule has 25 heavy (non-hydrogen) atoms. The Balaban J connectivity index is 1.72. The van der Waals surface area contributed by atoms with Crippen LogP contribution in [0.3, 0.4) is 0 Å². The highest BCUT2D eigenvalue weighted by Crippen LogP contribution is 2.22. The van der Waals surface area contributed by atoms with Gasteiger partial charge in [0.15, 0.2) is 0 Å². The van der Waals surface area contributed by atoms with Crippen LogP contribution in [0.1, 0.15) is 42.3 Å². The van der Waals surface area contributed by atoms with E-state index in [4.69, 9.17) is 0 Å². The monoisotopic (exact) mass is 330 g/mol. The number of benzene rings is 3. The van der Waals surface area contributed by atoms with Crippen molar-refractivity contribution in [1.82, 2.24) is 5.43 Å². The zero-order valence-electron chi connectivity index (χ0n) is 14.8. The highest BCUT2D eigenvalue weighted by Gasteiger charge is 2.12. The average Bonchev–Trinajstić information content (AvgIpc) is 2.61. The fourth-order valence-corrected chi connectivity index (χ4v) is 2.72. The second kappa shape index (κ2) is 6.89. The van der Waals surface area contributed by atoms with Gasteiger partial charge < -0.3 is 0 Å². The summed E-state index contributed by atoms with van der Waals surface area (Å²) in [4.78, 5) is 12.4. The lowest BCUT2D eigenvalue weighted by Crippen LogP contribution is -2.18. The minimum absolute atomic E-state index is 0.123. The molecule has 0 aromatic heterocycles. The van der Waals surface area contributed by atoms with Crippen LogP contribution in [0, 0.1) is 0 Å². The summed E-state index contributed by atoms with van der Waals surface area (Å²) in [5, 5.41) is 6.05. The zero-order valence-corrected chi connectivity index (χ0v) is 14.8. The van der Waals surface area contributed by atoms with Gasteiger partial charge in [0.1, 0.15) is 0 Å². The van der Waals surface area contributed by atoms with Crippen LogP contribution < -0.4 is 5.43 Å². The van der Waals surface area contributed by atoms with Gasteiger partial charge in [-0.2, -0.15) is 5.10 Å². The van der Waals surface area contributed by atoms with E-state index in [2.05, 4.69) is 43.4 Å². The maximum Gasteiger partial charge on any atom is 0.271 e. The molecule has 0 heterocycles. The molecule has 0 saturated heterocycles. The number of nitrogens with one attached hydrogen (secondary N) is 1. The molecular weight excluding hydrogens is 308 g/mol. The lowest BCUT2D eigenvalue weighted by atomic mass is 9.87. The fourth-order valence-electron chi connectivity index (χ4n) is 2.72. The third-order valence-corrected chi connectivity index (χ3v) is 4.19. The van der Waals surface area contributed by atoms with Gasteiger partial charge in [0.25, 0.3) is 5.91 Å². The Kier molecular flexibility index (Phi) is 4.66. The van der Waals surface area contributed by atoms with E-state index in [-0.39, 0.29) is 11.3 Å². The third-order valence-electron chi connectivity index (χ3n) is 4.19. The van der Waals surface area contributed by atoms with E-state index in [0.29, 0.717) is 5.56 Å². The molecule has 0 bridgehead atoms. The van der Waals surface area contributed by atoms with Crippen molar-refractivity contribution in [1.29, 1.82) is 0 Å². The predicted octanol–water partition coefficient (Wildman–Crippen LogP) is 4.90. The number of nitrogens with zero attached hydrogens (tertiary/aromatic N) is 1. The average molecular weight is 330 g/mol. The third kappa shape index (κ3) is 3.94. The summed E-state index contributed by atoms with van der Waals surface area (Å²) in [6.07, 6.45) is 1.66. The second-order valence-corrected chi connectivity index (χ2v) is 7.10. The molecule has 0 fully saturated rings. The lowest BCUT2D eigenvalue weighted by Gasteiger charge is -2.18. The molecule has 3 aromatic rings. The van der Waals surface area contributed by atoms with E-state index in [1.54, 1.807) is 6.21 Å². The number of hydrogen-bond acceptors (Lipinski definition) is 2. The SMILES string of the molecule is CC(C)(C)c1ccc(C=NNC(=O)c2cccc3ccccc23)cc1. The van der Waals surface area contributed by atoms with E-state index in [1.807, 2.05) is 54.6 Å². The van der Waals surface area contributed by atoms with E-state index in [9.17, 15) is 4.79 Å². The maximum atomic E-state index is 12.4. The van der Waals surface area contributed by atoms with Gasteiger partial charge in [-0.05, 0) is 33.4 Å². The van der Waals surface area contributed by atoms with Gasteiger partial charge in [-0.3, -0.25) is 4.79 Å². The Morgan fingerprint density at radius 2 is 1.60 bits per heavy atom. The zero-order chi connectivity index (χ0) is 17.9. The van der Waals surface area contributed by atoms with Crippen molar-refractivity contribution in [2.75, 3.05) is 0 Å². The Labute approximate surface area is 148 Å². The number of fused-ring (bicyclic) bond motifs is 1. The molecule has 1 amide bonds. The first kappa shape index (κ1) is 16.9. The summed E-state index contributed by atoms with van der Waals surface area (Å²) in [5.41, 5.74) is 5.58.